The highest BCUT2D eigenvalue weighted by molar-refractivity contribution is 7.47. The van der Waals surface area contributed by atoms with Gasteiger partial charge in [0, 0.05) is 12.8 Å². The van der Waals surface area contributed by atoms with Crippen LogP contribution in [0.2, 0.25) is 0 Å². The molecule has 76 heavy (non-hydrogen) atoms. The summed E-state index contributed by atoms with van der Waals surface area (Å²) in [6.45, 7) is 4.28. The molecule has 0 aliphatic heterocycles. The van der Waals surface area contributed by atoms with Crippen molar-refractivity contribution in [3.8, 4) is 0 Å². The Morgan fingerprint density at radius 1 is 0.421 bits per heavy atom. The van der Waals surface area contributed by atoms with Crippen molar-refractivity contribution in [2.24, 2.45) is 0 Å². The van der Waals surface area contributed by atoms with Gasteiger partial charge in [-0.2, -0.15) is 0 Å². The molecule has 0 saturated heterocycles. The van der Waals surface area contributed by atoms with E-state index >= 15 is 0 Å². The molecule has 0 aliphatic rings. The summed E-state index contributed by atoms with van der Waals surface area (Å²) in [5, 5.41) is 0. The largest absolute Gasteiger partial charge is 0.472 e. The lowest BCUT2D eigenvalue weighted by atomic mass is 10.0. The second kappa shape index (κ2) is 56.4. The molecule has 0 heterocycles. The maximum absolute atomic E-state index is 12.8. The molecule has 0 spiro atoms. The van der Waals surface area contributed by atoms with E-state index in [4.69, 9.17) is 18.5 Å². The molecule has 0 aliphatic carbocycles. The van der Waals surface area contributed by atoms with Gasteiger partial charge in [0.15, 0.2) is 6.10 Å². The van der Waals surface area contributed by atoms with Gasteiger partial charge in [-0.05, 0) is 103 Å². The third kappa shape index (κ3) is 59.9. The molecule has 436 valence electrons. The summed E-state index contributed by atoms with van der Waals surface area (Å²) in [6, 6.07) is 0. The molecule has 10 heteroatoms. The van der Waals surface area contributed by atoms with Crippen LogP contribution in [0.3, 0.4) is 0 Å². The van der Waals surface area contributed by atoms with E-state index in [1.807, 2.05) is 21.1 Å². The molecule has 0 bridgehead atoms. The van der Waals surface area contributed by atoms with Crippen LogP contribution in [0.25, 0.3) is 0 Å². The predicted molar refractivity (Wildman–Crippen MR) is 325 cm³/mol. The quantitative estimate of drug-likeness (QED) is 0.0211. The molecule has 0 amide bonds. The highest BCUT2D eigenvalue weighted by Gasteiger charge is 2.27. The summed E-state index contributed by atoms with van der Waals surface area (Å²) in [4.78, 5) is 35.7. The molecule has 9 nitrogen and oxygen atoms in total. The van der Waals surface area contributed by atoms with E-state index in [1.54, 1.807) is 0 Å². The van der Waals surface area contributed by atoms with E-state index < -0.39 is 26.5 Å². The van der Waals surface area contributed by atoms with Gasteiger partial charge in [-0.1, -0.05) is 239 Å². The van der Waals surface area contributed by atoms with Crippen molar-refractivity contribution in [1.29, 1.82) is 0 Å². The molecule has 2 unspecified atom stereocenters. The number of carbonyl (C=O) groups is 2. The van der Waals surface area contributed by atoms with Crippen LogP contribution in [0, 0.1) is 0 Å². The van der Waals surface area contributed by atoms with Crippen LogP contribution in [0.1, 0.15) is 245 Å². The van der Waals surface area contributed by atoms with Gasteiger partial charge in [-0.15, -0.1) is 0 Å². The topological polar surface area (TPSA) is 108 Å². The minimum Gasteiger partial charge on any atom is -0.462 e. The fourth-order valence-corrected chi connectivity index (χ4v) is 8.83. The molecule has 0 rings (SSSR count). The number of allylic oxidation sites excluding steroid dienone is 18. The molecule has 0 saturated carbocycles. The lowest BCUT2D eigenvalue weighted by Gasteiger charge is -2.24. The third-order valence-electron chi connectivity index (χ3n) is 12.8. The van der Waals surface area contributed by atoms with Crippen LogP contribution >= 0.6 is 7.82 Å². The zero-order chi connectivity index (χ0) is 55.6. The number of carbonyl (C=O) groups excluding carboxylic acids is 2. The third-order valence-corrected chi connectivity index (χ3v) is 13.8. The molecule has 1 N–H and O–H groups in total. The molecular weight excluding hydrogens is 966 g/mol. The Hall–Kier alpha value is -3.33. The first-order valence-electron chi connectivity index (χ1n) is 30.6. The van der Waals surface area contributed by atoms with Gasteiger partial charge in [-0.25, -0.2) is 4.57 Å². The molecule has 2 atom stereocenters. The number of ether oxygens (including phenoxy) is 2. The van der Waals surface area contributed by atoms with E-state index in [0.717, 1.165) is 103 Å². The van der Waals surface area contributed by atoms with E-state index in [2.05, 4.69) is 123 Å². The molecule has 0 aromatic rings. The molecule has 0 radical (unpaired) electrons. The molecule has 0 fully saturated rings. The maximum Gasteiger partial charge on any atom is 0.472 e. The summed E-state index contributed by atoms with van der Waals surface area (Å²) < 4.78 is 34.6. The van der Waals surface area contributed by atoms with Crippen LogP contribution in [0.5, 0.6) is 0 Å². The summed E-state index contributed by atoms with van der Waals surface area (Å²) >= 11 is 0. The second-order valence-electron chi connectivity index (χ2n) is 21.4. The van der Waals surface area contributed by atoms with Crippen molar-refractivity contribution < 1.29 is 42.1 Å². The van der Waals surface area contributed by atoms with Crippen molar-refractivity contribution in [3.05, 3.63) is 109 Å². The van der Waals surface area contributed by atoms with Gasteiger partial charge >= 0.3 is 19.8 Å². The number of phosphoric acid groups is 1. The fourth-order valence-electron chi connectivity index (χ4n) is 8.08. The second-order valence-corrected chi connectivity index (χ2v) is 22.8. The Morgan fingerprint density at radius 2 is 0.750 bits per heavy atom. The SMILES string of the molecule is CC/C=C\C/C=C\C/C=C\C/C=C\C/C=C\C/C=C\C/C=C\CCCCCCCCCCCCCCCC(=O)OC(COC(=O)CCCCCCCCC/C=C\C/C=C\CCCCC)COP(=O)(O)OCC[N+](C)(C)C. The Labute approximate surface area is 467 Å². The number of quaternary nitrogens is 1. The highest BCUT2D eigenvalue weighted by Crippen LogP contribution is 2.43. The summed E-state index contributed by atoms with van der Waals surface area (Å²) in [5.41, 5.74) is 0. The fraction of sp³-hybridized carbons (Fsp3) is 0.697. The van der Waals surface area contributed by atoms with Crippen LogP contribution in [-0.4, -0.2) is 74.9 Å². The van der Waals surface area contributed by atoms with Gasteiger partial charge in [0.25, 0.3) is 0 Å². The van der Waals surface area contributed by atoms with Crippen LogP contribution < -0.4 is 0 Å². The van der Waals surface area contributed by atoms with Gasteiger partial charge < -0.3 is 18.9 Å². The monoisotopic (exact) mass is 1080 g/mol. The van der Waals surface area contributed by atoms with Gasteiger partial charge in [0.2, 0.25) is 0 Å². The normalized spacial score (nSPS) is 14.0. The summed E-state index contributed by atoms with van der Waals surface area (Å²) in [5.74, 6) is -0.809. The lowest BCUT2D eigenvalue weighted by Crippen LogP contribution is -2.37. The van der Waals surface area contributed by atoms with Crippen molar-refractivity contribution in [3.63, 3.8) is 0 Å². The number of rotatable bonds is 55. The number of unbranched alkanes of at least 4 members (excludes halogenated alkanes) is 23. The Bertz CT molecular complexity index is 1650. The standard InChI is InChI=1S/C66H114NO8P/c1-6-8-10-12-14-16-18-20-22-24-25-26-27-28-29-30-31-32-33-34-35-36-37-38-39-40-41-43-45-47-49-51-53-55-57-59-66(69)75-64(63-74-76(70,71)73-61-60-67(3,4)5)62-72-65(68)58-56-54-52-50-48-46-44-42-23-21-19-17-15-13-11-9-7-2/h8,10,14-17,20-23,25-26,28-29,31-32,34-35,64H,6-7,9,11-13,18-19,24,27,30,33,36-63H2,1-5H3/p+1/b10-8-,16-14-,17-15-,22-20-,23-21-,26-25-,29-28-,32-31-,35-34-. The minimum absolute atomic E-state index is 0.0260. The molecule has 0 aromatic carbocycles. The number of hydrogen-bond donors (Lipinski definition) is 1. The van der Waals surface area contributed by atoms with Crippen molar-refractivity contribution in [1.82, 2.24) is 0 Å². The summed E-state index contributed by atoms with van der Waals surface area (Å²) in [7, 11) is 1.46. The molecular formula is C66H115NO8P+. The van der Waals surface area contributed by atoms with E-state index in [1.165, 1.54) is 109 Å². The van der Waals surface area contributed by atoms with E-state index in [9.17, 15) is 19.0 Å². The first kappa shape index (κ1) is 72.7. The van der Waals surface area contributed by atoms with E-state index in [0.29, 0.717) is 17.4 Å². The highest BCUT2D eigenvalue weighted by atomic mass is 31.2. The number of hydrogen-bond acceptors (Lipinski definition) is 7. The number of phosphoric ester groups is 1. The number of nitrogens with zero attached hydrogens (tertiary/aromatic N) is 1. The molecule has 0 aromatic heterocycles. The average molecular weight is 1080 g/mol. The van der Waals surface area contributed by atoms with E-state index in [-0.39, 0.29) is 32.0 Å². The van der Waals surface area contributed by atoms with Gasteiger partial charge in [0.1, 0.15) is 19.8 Å². The number of likely N-dealkylation sites (N-methyl/N-ethyl adjacent to an activating group) is 1. The Morgan fingerprint density at radius 3 is 1.12 bits per heavy atom. The van der Waals surface area contributed by atoms with Gasteiger partial charge in [-0.3, -0.25) is 18.6 Å². The van der Waals surface area contributed by atoms with Crippen LogP contribution in [-0.2, 0) is 32.7 Å². The Balaban J connectivity index is 4.10. The first-order valence-corrected chi connectivity index (χ1v) is 32.1. The minimum atomic E-state index is -4.39. The van der Waals surface area contributed by atoms with Crippen LogP contribution in [0.4, 0.5) is 0 Å². The zero-order valence-electron chi connectivity index (χ0n) is 49.5. The van der Waals surface area contributed by atoms with Crippen molar-refractivity contribution >= 4 is 19.8 Å². The predicted octanol–water partition coefficient (Wildman–Crippen LogP) is 19.4. The van der Waals surface area contributed by atoms with Crippen LogP contribution in [0.15, 0.2) is 109 Å². The zero-order valence-corrected chi connectivity index (χ0v) is 50.3. The van der Waals surface area contributed by atoms with Gasteiger partial charge in [0.05, 0.1) is 27.7 Å². The van der Waals surface area contributed by atoms with Crippen molar-refractivity contribution in [2.75, 3.05) is 47.5 Å². The maximum atomic E-state index is 12.8. The first-order chi connectivity index (χ1) is 37.0. The lowest BCUT2D eigenvalue weighted by molar-refractivity contribution is -0.870. The van der Waals surface area contributed by atoms with Crippen molar-refractivity contribution in [2.45, 2.75) is 251 Å². The summed E-state index contributed by atoms with van der Waals surface area (Å²) in [6.07, 6.45) is 78.8. The average Bonchev–Trinajstić information content (AvgIpc) is 3.38. The number of esters is 2. The smallest absolute Gasteiger partial charge is 0.462 e. The Kier molecular flexibility index (Phi) is 53.9.